The lowest BCUT2D eigenvalue weighted by atomic mass is 9.86. The Bertz CT molecular complexity index is 1010. The Morgan fingerprint density at radius 2 is 1.72 bits per heavy atom. The summed E-state index contributed by atoms with van der Waals surface area (Å²) < 4.78 is 13.0. The fourth-order valence-corrected chi connectivity index (χ4v) is 3.00. The van der Waals surface area contributed by atoms with Crippen molar-refractivity contribution in [3.63, 3.8) is 0 Å². The molecule has 1 aromatic heterocycles. The maximum Gasteiger partial charge on any atom is 0.274 e. The number of rotatable bonds is 5. The molecule has 1 heterocycles. The van der Waals surface area contributed by atoms with Crippen LogP contribution in [0, 0.1) is 12.7 Å². The number of aromatic nitrogens is 2. The molecule has 150 valence electrons. The van der Waals surface area contributed by atoms with Gasteiger partial charge in [-0.15, -0.1) is 0 Å². The fraction of sp³-hybridized carbons (Fsp3) is 0.261. The van der Waals surface area contributed by atoms with Gasteiger partial charge in [-0.1, -0.05) is 51.1 Å². The zero-order valence-electron chi connectivity index (χ0n) is 17.1. The Balaban J connectivity index is 1.77. The lowest BCUT2D eigenvalue weighted by molar-refractivity contribution is 0.102. The molecule has 0 aliphatic heterocycles. The van der Waals surface area contributed by atoms with E-state index in [1.54, 1.807) is 25.1 Å². The van der Waals surface area contributed by atoms with Gasteiger partial charge in [0, 0.05) is 18.3 Å². The number of carbonyl (C=O) groups is 1. The van der Waals surface area contributed by atoms with Crippen molar-refractivity contribution in [1.29, 1.82) is 0 Å². The number of nitrogens with zero attached hydrogens (tertiary/aromatic N) is 2. The highest BCUT2D eigenvalue weighted by Gasteiger charge is 2.19. The van der Waals surface area contributed by atoms with Crippen LogP contribution in [-0.2, 0) is 12.0 Å². The van der Waals surface area contributed by atoms with Crippen molar-refractivity contribution in [1.82, 2.24) is 9.97 Å². The van der Waals surface area contributed by atoms with Gasteiger partial charge in [-0.2, -0.15) is 0 Å². The first-order valence-corrected chi connectivity index (χ1v) is 9.47. The molecule has 0 aliphatic carbocycles. The van der Waals surface area contributed by atoms with Crippen LogP contribution < -0.4 is 10.6 Å². The number of hydrogen-bond donors (Lipinski definition) is 2. The lowest BCUT2D eigenvalue weighted by Gasteiger charge is -2.23. The monoisotopic (exact) mass is 392 g/mol. The summed E-state index contributed by atoms with van der Waals surface area (Å²) in [5.74, 6) is 0.456. The molecular weight excluding hydrogens is 367 g/mol. The highest BCUT2D eigenvalue weighted by atomic mass is 19.1. The van der Waals surface area contributed by atoms with Crippen molar-refractivity contribution in [2.75, 3.05) is 10.6 Å². The smallest absolute Gasteiger partial charge is 0.274 e. The van der Waals surface area contributed by atoms with Crippen LogP contribution in [0.5, 0.6) is 0 Å². The van der Waals surface area contributed by atoms with E-state index in [-0.39, 0.29) is 22.8 Å². The van der Waals surface area contributed by atoms with Crippen LogP contribution in [0.2, 0.25) is 0 Å². The van der Waals surface area contributed by atoms with Gasteiger partial charge in [-0.3, -0.25) is 4.79 Å². The van der Waals surface area contributed by atoms with Crippen molar-refractivity contribution in [3.05, 3.63) is 83.1 Å². The van der Waals surface area contributed by atoms with Gasteiger partial charge in [0.15, 0.2) is 0 Å². The molecule has 3 aromatic rings. The number of para-hydroxylation sites is 1. The summed E-state index contributed by atoms with van der Waals surface area (Å²) in [6.45, 7) is 8.51. The van der Waals surface area contributed by atoms with Crippen LogP contribution in [0.4, 0.5) is 15.9 Å². The van der Waals surface area contributed by atoms with E-state index in [4.69, 9.17) is 0 Å². The fourth-order valence-electron chi connectivity index (χ4n) is 3.00. The average molecular weight is 392 g/mol. The summed E-state index contributed by atoms with van der Waals surface area (Å²) in [5, 5.41) is 6.13. The molecule has 0 saturated carbocycles. The van der Waals surface area contributed by atoms with Gasteiger partial charge in [0.05, 0.1) is 0 Å². The SMILES string of the molecule is Cc1nc(NCc2ccc(F)cc2)cc(C(=O)Nc2ccccc2C(C)(C)C)n1. The third-order valence-corrected chi connectivity index (χ3v) is 4.44. The highest BCUT2D eigenvalue weighted by Crippen LogP contribution is 2.29. The Kier molecular flexibility index (Phi) is 5.92. The number of halogens is 1. The number of nitrogens with one attached hydrogen (secondary N) is 2. The molecule has 0 unspecified atom stereocenters. The predicted molar refractivity (Wildman–Crippen MR) is 114 cm³/mol. The number of aryl methyl sites for hydroxylation is 1. The van der Waals surface area contributed by atoms with E-state index in [0.29, 0.717) is 18.2 Å². The molecule has 6 heteroatoms. The molecular formula is C23H25FN4O. The summed E-state index contributed by atoms with van der Waals surface area (Å²) in [7, 11) is 0. The van der Waals surface area contributed by atoms with Gasteiger partial charge < -0.3 is 10.6 Å². The summed E-state index contributed by atoms with van der Waals surface area (Å²) in [6.07, 6.45) is 0. The normalized spacial score (nSPS) is 11.2. The third-order valence-electron chi connectivity index (χ3n) is 4.44. The molecule has 0 radical (unpaired) electrons. The number of anilines is 2. The van der Waals surface area contributed by atoms with Crippen LogP contribution in [0.3, 0.4) is 0 Å². The predicted octanol–water partition coefficient (Wildman–Crippen LogP) is 5.09. The number of benzene rings is 2. The van der Waals surface area contributed by atoms with Crippen molar-refractivity contribution in [3.8, 4) is 0 Å². The molecule has 0 spiro atoms. The first-order chi connectivity index (χ1) is 13.7. The van der Waals surface area contributed by atoms with Crippen LogP contribution in [0.15, 0.2) is 54.6 Å². The van der Waals surface area contributed by atoms with Gasteiger partial charge in [0.2, 0.25) is 0 Å². The number of carbonyl (C=O) groups excluding carboxylic acids is 1. The Morgan fingerprint density at radius 3 is 2.41 bits per heavy atom. The van der Waals surface area contributed by atoms with E-state index in [0.717, 1.165) is 16.8 Å². The van der Waals surface area contributed by atoms with Crippen molar-refractivity contribution < 1.29 is 9.18 Å². The van der Waals surface area contributed by atoms with E-state index in [2.05, 4.69) is 41.4 Å². The minimum atomic E-state index is -0.294. The van der Waals surface area contributed by atoms with Gasteiger partial charge in [0.1, 0.15) is 23.2 Å². The van der Waals surface area contributed by atoms with Crippen LogP contribution >= 0.6 is 0 Å². The molecule has 2 aromatic carbocycles. The topological polar surface area (TPSA) is 66.9 Å². The van der Waals surface area contributed by atoms with E-state index in [9.17, 15) is 9.18 Å². The second-order valence-electron chi connectivity index (χ2n) is 7.92. The Labute approximate surface area is 170 Å². The van der Waals surface area contributed by atoms with Gasteiger partial charge in [0.25, 0.3) is 5.91 Å². The van der Waals surface area contributed by atoms with Gasteiger partial charge in [-0.05, 0) is 41.7 Å². The minimum absolute atomic E-state index is 0.104. The van der Waals surface area contributed by atoms with E-state index in [1.165, 1.54) is 12.1 Å². The molecule has 0 bridgehead atoms. The second kappa shape index (κ2) is 8.39. The maximum atomic E-state index is 13.0. The Hall–Kier alpha value is -3.28. The minimum Gasteiger partial charge on any atom is -0.366 e. The zero-order valence-corrected chi connectivity index (χ0v) is 17.1. The lowest BCUT2D eigenvalue weighted by Crippen LogP contribution is -2.20. The molecule has 29 heavy (non-hydrogen) atoms. The third kappa shape index (κ3) is 5.38. The average Bonchev–Trinajstić information content (AvgIpc) is 2.67. The van der Waals surface area contributed by atoms with Crippen LogP contribution in [-0.4, -0.2) is 15.9 Å². The molecule has 0 atom stereocenters. The van der Waals surface area contributed by atoms with Crippen molar-refractivity contribution in [2.24, 2.45) is 0 Å². The van der Waals surface area contributed by atoms with Crippen molar-refractivity contribution in [2.45, 2.75) is 39.7 Å². The second-order valence-corrected chi connectivity index (χ2v) is 7.92. The highest BCUT2D eigenvalue weighted by molar-refractivity contribution is 6.03. The van der Waals surface area contributed by atoms with E-state index < -0.39 is 0 Å². The van der Waals surface area contributed by atoms with Crippen LogP contribution in [0.1, 0.15) is 48.2 Å². The largest absolute Gasteiger partial charge is 0.366 e. The summed E-state index contributed by atoms with van der Waals surface area (Å²) in [5.41, 5.74) is 2.90. The molecule has 5 nitrogen and oxygen atoms in total. The summed E-state index contributed by atoms with van der Waals surface area (Å²) >= 11 is 0. The molecule has 1 amide bonds. The van der Waals surface area contributed by atoms with Crippen LogP contribution in [0.25, 0.3) is 0 Å². The summed E-state index contributed by atoms with van der Waals surface area (Å²) in [6, 6.07) is 15.6. The number of amides is 1. The molecule has 0 fully saturated rings. The molecule has 3 rings (SSSR count). The standard InChI is InChI=1S/C23H25FN4O/c1-15-26-20(13-21(27-15)25-14-16-9-11-17(24)12-10-16)22(29)28-19-8-6-5-7-18(19)23(2,3)4/h5-13H,14H2,1-4H3,(H,28,29)(H,25,26,27). The van der Waals surface area contributed by atoms with Crippen molar-refractivity contribution >= 4 is 17.4 Å². The molecule has 0 saturated heterocycles. The summed E-state index contributed by atoms with van der Waals surface area (Å²) in [4.78, 5) is 21.5. The molecule has 2 N–H and O–H groups in total. The molecule has 0 aliphatic rings. The Morgan fingerprint density at radius 1 is 1.03 bits per heavy atom. The maximum absolute atomic E-state index is 13.0. The first kappa shape index (κ1) is 20.5. The quantitative estimate of drug-likeness (QED) is 0.635. The van der Waals surface area contributed by atoms with Gasteiger partial charge in [-0.25, -0.2) is 14.4 Å². The van der Waals surface area contributed by atoms with E-state index >= 15 is 0 Å². The van der Waals surface area contributed by atoms with Gasteiger partial charge >= 0.3 is 0 Å². The number of hydrogen-bond acceptors (Lipinski definition) is 4. The zero-order chi connectivity index (χ0) is 21.0. The van der Waals surface area contributed by atoms with E-state index in [1.807, 2.05) is 24.3 Å². The first-order valence-electron chi connectivity index (χ1n) is 9.47.